The molecule has 0 unspecified atom stereocenters. The third kappa shape index (κ3) is 5.99. The molecule has 8 heteroatoms. The number of carbonyl (C=O) groups excluding carboxylic acids is 2. The average Bonchev–Trinajstić information content (AvgIpc) is 2.86. The maximum atomic E-state index is 12.4. The molecule has 7 nitrogen and oxygen atoms in total. The first kappa shape index (κ1) is 23.9. The van der Waals surface area contributed by atoms with Crippen LogP contribution in [0.25, 0.3) is 22.5 Å². The number of benzene rings is 2. The summed E-state index contributed by atoms with van der Waals surface area (Å²) in [5.41, 5.74) is 3.20. The van der Waals surface area contributed by atoms with Gasteiger partial charge in [0.15, 0.2) is 0 Å². The van der Waals surface area contributed by atoms with Gasteiger partial charge in [-0.25, -0.2) is 9.78 Å². The van der Waals surface area contributed by atoms with Crippen molar-refractivity contribution in [3.05, 3.63) is 60.7 Å². The van der Waals surface area contributed by atoms with Crippen LogP contribution in [0, 0.1) is 11.8 Å². The van der Waals surface area contributed by atoms with Crippen LogP contribution in [0.3, 0.4) is 0 Å². The van der Waals surface area contributed by atoms with E-state index in [-0.39, 0.29) is 11.8 Å². The molecular weight excluding hydrogens is 446 g/mol. The number of hydrogen-bond donors (Lipinski definition) is 2. The zero-order valence-electron chi connectivity index (χ0n) is 19.4. The third-order valence-electron chi connectivity index (χ3n) is 6.37. The minimum absolute atomic E-state index is 0.0185. The lowest BCUT2D eigenvalue weighted by Crippen LogP contribution is -2.49. The van der Waals surface area contributed by atoms with Crippen LogP contribution < -0.4 is 10.6 Å². The molecule has 1 saturated carbocycles. The number of aromatic nitrogens is 3. The number of nitrogens with zero attached hydrogens (tertiary/aromatic N) is 3. The van der Waals surface area contributed by atoms with E-state index >= 15 is 0 Å². The highest BCUT2D eigenvalue weighted by molar-refractivity contribution is 7.99. The van der Waals surface area contributed by atoms with Crippen molar-refractivity contribution in [1.82, 2.24) is 25.8 Å². The van der Waals surface area contributed by atoms with Crippen LogP contribution in [0.15, 0.2) is 65.8 Å². The van der Waals surface area contributed by atoms with E-state index in [0.29, 0.717) is 28.4 Å². The predicted octanol–water partition coefficient (Wildman–Crippen LogP) is 4.95. The lowest BCUT2D eigenvalue weighted by atomic mass is 9.78. The molecule has 0 spiro atoms. The second-order valence-electron chi connectivity index (χ2n) is 8.71. The zero-order chi connectivity index (χ0) is 23.9. The van der Waals surface area contributed by atoms with Crippen LogP contribution >= 0.6 is 11.8 Å². The molecule has 2 N–H and O–H groups in total. The summed E-state index contributed by atoms with van der Waals surface area (Å²) in [6.07, 6.45) is 3.21. The van der Waals surface area contributed by atoms with E-state index in [0.717, 1.165) is 35.7 Å². The molecule has 34 heavy (non-hydrogen) atoms. The Hall–Kier alpha value is -3.26. The summed E-state index contributed by atoms with van der Waals surface area (Å²) in [5, 5.41) is 14.4. The van der Waals surface area contributed by atoms with Gasteiger partial charge in [0.2, 0.25) is 11.1 Å². The van der Waals surface area contributed by atoms with Crippen LogP contribution in [0.2, 0.25) is 0 Å². The van der Waals surface area contributed by atoms with Crippen molar-refractivity contribution in [2.24, 2.45) is 11.8 Å². The van der Waals surface area contributed by atoms with Crippen molar-refractivity contribution in [1.29, 1.82) is 0 Å². The molecule has 2 aromatic carbocycles. The molecule has 1 aromatic heterocycles. The molecule has 1 aliphatic carbocycles. The highest BCUT2D eigenvalue weighted by Gasteiger charge is 2.28. The first-order valence-electron chi connectivity index (χ1n) is 11.6. The summed E-state index contributed by atoms with van der Waals surface area (Å²) < 4.78 is 0. The number of rotatable bonds is 6. The fourth-order valence-corrected chi connectivity index (χ4v) is 4.83. The van der Waals surface area contributed by atoms with Crippen molar-refractivity contribution in [3.63, 3.8) is 0 Å². The van der Waals surface area contributed by atoms with E-state index in [2.05, 4.69) is 34.7 Å². The lowest BCUT2D eigenvalue weighted by Gasteiger charge is -2.34. The summed E-state index contributed by atoms with van der Waals surface area (Å²) in [6, 6.07) is 19.2. The van der Waals surface area contributed by atoms with Gasteiger partial charge in [-0.2, -0.15) is 0 Å². The number of carbonyl (C=O) groups is 2. The third-order valence-corrected chi connectivity index (χ3v) is 7.21. The van der Waals surface area contributed by atoms with E-state index in [4.69, 9.17) is 4.98 Å². The van der Waals surface area contributed by atoms with Gasteiger partial charge in [0.05, 0.1) is 5.75 Å². The van der Waals surface area contributed by atoms with E-state index in [1.165, 1.54) is 6.42 Å². The summed E-state index contributed by atoms with van der Waals surface area (Å²) in [5.74, 6) is 0.580. The van der Waals surface area contributed by atoms with E-state index < -0.39 is 11.9 Å². The second kappa shape index (κ2) is 11.2. The molecule has 4 rings (SSSR count). The van der Waals surface area contributed by atoms with Gasteiger partial charge in [-0.05, 0) is 18.3 Å². The van der Waals surface area contributed by atoms with E-state index in [9.17, 15) is 9.59 Å². The Morgan fingerprint density at radius 3 is 2.24 bits per heavy atom. The second-order valence-corrected chi connectivity index (χ2v) is 9.65. The van der Waals surface area contributed by atoms with Crippen LogP contribution in [-0.4, -0.2) is 38.9 Å². The van der Waals surface area contributed by atoms with Crippen LogP contribution in [0.1, 0.15) is 33.1 Å². The van der Waals surface area contributed by atoms with E-state index in [1.54, 1.807) is 0 Å². The van der Waals surface area contributed by atoms with Crippen LogP contribution in [0.5, 0.6) is 0 Å². The molecule has 0 bridgehead atoms. The quantitative estimate of drug-likeness (QED) is 0.490. The van der Waals surface area contributed by atoms with Gasteiger partial charge in [0, 0.05) is 17.2 Å². The van der Waals surface area contributed by atoms with Crippen LogP contribution in [-0.2, 0) is 4.79 Å². The fourth-order valence-electron chi connectivity index (χ4n) is 4.24. The molecule has 176 valence electrons. The number of urea groups is 1. The van der Waals surface area contributed by atoms with Crippen molar-refractivity contribution in [2.75, 3.05) is 5.75 Å². The fraction of sp³-hybridized carbons (Fsp3) is 0.346. The molecular formula is C26H29N5O2S. The minimum atomic E-state index is -0.444. The molecule has 1 fully saturated rings. The average molecular weight is 476 g/mol. The Morgan fingerprint density at radius 1 is 0.912 bits per heavy atom. The molecule has 3 aromatic rings. The molecule has 3 amide bonds. The Balaban J connectivity index is 1.41. The van der Waals surface area contributed by atoms with Gasteiger partial charge in [0.1, 0.15) is 11.4 Å². The summed E-state index contributed by atoms with van der Waals surface area (Å²) in [4.78, 5) is 29.4. The summed E-state index contributed by atoms with van der Waals surface area (Å²) in [7, 11) is 0. The number of hydrogen-bond acceptors (Lipinski definition) is 6. The molecule has 0 saturated heterocycles. The lowest BCUT2D eigenvalue weighted by molar-refractivity contribution is -0.117. The molecule has 1 heterocycles. The van der Waals surface area contributed by atoms with Gasteiger partial charge >= 0.3 is 6.03 Å². The van der Waals surface area contributed by atoms with Crippen molar-refractivity contribution in [2.45, 2.75) is 44.3 Å². The number of amides is 3. The largest absolute Gasteiger partial charge is 0.335 e. The predicted molar refractivity (Wildman–Crippen MR) is 134 cm³/mol. The maximum absolute atomic E-state index is 12.4. The Bertz CT molecular complexity index is 1130. The zero-order valence-corrected chi connectivity index (χ0v) is 20.2. The van der Waals surface area contributed by atoms with E-state index in [1.807, 2.05) is 60.7 Å². The first-order valence-corrected chi connectivity index (χ1v) is 12.6. The number of thioether (sulfide) groups is 1. The Morgan fingerprint density at radius 2 is 1.56 bits per heavy atom. The van der Waals surface area contributed by atoms with Gasteiger partial charge in [-0.3, -0.25) is 10.1 Å². The normalized spacial score (nSPS) is 19.9. The van der Waals surface area contributed by atoms with Gasteiger partial charge in [-0.1, -0.05) is 99.1 Å². The van der Waals surface area contributed by atoms with Crippen LogP contribution in [0.4, 0.5) is 4.79 Å². The van der Waals surface area contributed by atoms with Crippen molar-refractivity contribution >= 4 is 23.7 Å². The highest BCUT2D eigenvalue weighted by atomic mass is 32.2. The molecule has 0 aliphatic heterocycles. The number of imide groups is 1. The van der Waals surface area contributed by atoms with Gasteiger partial charge < -0.3 is 5.32 Å². The SMILES string of the molecule is C[C@@H]1[C@H](C)CCC[C@@H]1NC(=O)NC(=O)CSc1nnc(-c2ccccc2)c(-c2ccccc2)n1. The van der Waals surface area contributed by atoms with Gasteiger partial charge in [-0.15, -0.1) is 10.2 Å². The summed E-state index contributed by atoms with van der Waals surface area (Å²) in [6.45, 7) is 4.36. The standard InChI is InChI=1S/C26H29N5O2S/c1-17-10-9-15-21(18(17)2)27-25(33)28-22(32)16-34-26-29-23(19-11-5-3-6-12-19)24(30-31-26)20-13-7-4-8-14-20/h3-8,11-14,17-18,21H,9-10,15-16H2,1-2H3,(H2,27,28,32,33)/t17-,18-,21+/m1/s1. The highest BCUT2D eigenvalue weighted by Crippen LogP contribution is 2.30. The molecule has 1 aliphatic rings. The monoisotopic (exact) mass is 475 g/mol. The topological polar surface area (TPSA) is 96.9 Å². The minimum Gasteiger partial charge on any atom is -0.335 e. The summed E-state index contributed by atoms with van der Waals surface area (Å²) >= 11 is 1.15. The maximum Gasteiger partial charge on any atom is 0.321 e. The van der Waals surface area contributed by atoms with Crippen molar-refractivity contribution < 1.29 is 9.59 Å². The Labute approximate surface area is 204 Å². The Kier molecular flexibility index (Phi) is 7.90. The molecule has 0 radical (unpaired) electrons. The van der Waals surface area contributed by atoms with Crippen molar-refractivity contribution in [3.8, 4) is 22.5 Å². The van der Waals surface area contributed by atoms with Gasteiger partial charge in [0.25, 0.3) is 0 Å². The number of nitrogens with one attached hydrogen (secondary N) is 2. The smallest absolute Gasteiger partial charge is 0.321 e. The molecule has 3 atom stereocenters. The first-order chi connectivity index (χ1) is 16.5.